The standard InChI is InChI=1S/C8H11BrN4OS/c1-10-6(14)5-3-2-4-13(5)8-12-11-7(9)15-8/h5H,2-4H2,1H3,(H,10,14)/t5-/m0/s1. The molecule has 1 saturated heterocycles. The zero-order valence-corrected chi connectivity index (χ0v) is 10.6. The molecule has 1 amide bonds. The fraction of sp³-hybridized carbons (Fsp3) is 0.625. The van der Waals surface area contributed by atoms with E-state index in [1.165, 1.54) is 11.3 Å². The molecular formula is C8H11BrN4OS. The lowest BCUT2D eigenvalue weighted by Gasteiger charge is -2.21. The van der Waals surface area contributed by atoms with Gasteiger partial charge in [-0.25, -0.2) is 0 Å². The minimum absolute atomic E-state index is 0.0545. The molecule has 1 atom stereocenters. The van der Waals surface area contributed by atoms with Gasteiger partial charge in [0.1, 0.15) is 6.04 Å². The minimum atomic E-state index is -0.0881. The first-order valence-corrected chi connectivity index (χ1v) is 6.30. The first kappa shape index (κ1) is 10.8. The van der Waals surface area contributed by atoms with Crippen LogP contribution in [0.4, 0.5) is 5.13 Å². The van der Waals surface area contributed by atoms with Crippen LogP contribution in [0.15, 0.2) is 3.92 Å². The Morgan fingerprint density at radius 1 is 1.67 bits per heavy atom. The molecule has 5 nitrogen and oxygen atoms in total. The molecule has 0 aromatic carbocycles. The van der Waals surface area contributed by atoms with Gasteiger partial charge < -0.3 is 10.2 Å². The van der Waals surface area contributed by atoms with Crippen molar-refractivity contribution in [2.24, 2.45) is 0 Å². The van der Waals surface area contributed by atoms with E-state index in [0.29, 0.717) is 0 Å². The summed E-state index contributed by atoms with van der Waals surface area (Å²) in [6, 6.07) is -0.0881. The molecule has 0 bridgehead atoms. The lowest BCUT2D eigenvalue weighted by Crippen LogP contribution is -2.41. The summed E-state index contributed by atoms with van der Waals surface area (Å²) in [6.45, 7) is 0.875. The summed E-state index contributed by atoms with van der Waals surface area (Å²) in [6.07, 6.45) is 1.91. The molecule has 1 aliphatic rings. The van der Waals surface area contributed by atoms with E-state index in [1.54, 1.807) is 7.05 Å². The molecule has 1 aromatic heterocycles. The third-order valence-electron chi connectivity index (χ3n) is 2.44. The van der Waals surface area contributed by atoms with Crippen LogP contribution >= 0.6 is 27.3 Å². The van der Waals surface area contributed by atoms with E-state index in [2.05, 4.69) is 31.4 Å². The van der Waals surface area contributed by atoms with E-state index < -0.39 is 0 Å². The van der Waals surface area contributed by atoms with Crippen molar-refractivity contribution in [1.29, 1.82) is 0 Å². The van der Waals surface area contributed by atoms with Crippen LogP contribution < -0.4 is 10.2 Å². The number of rotatable bonds is 2. The summed E-state index contributed by atoms with van der Waals surface area (Å²) in [7, 11) is 1.66. The highest BCUT2D eigenvalue weighted by molar-refractivity contribution is 9.11. The van der Waals surface area contributed by atoms with Crippen LogP contribution in [0.5, 0.6) is 0 Å². The number of hydrogen-bond acceptors (Lipinski definition) is 5. The highest BCUT2D eigenvalue weighted by Gasteiger charge is 2.32. The fourth-order valence-electron chi connectivity index (χ4n) is 1.75. The number of nitrogens with one attached hydrogen (secondary N) is 1. The quantitative estimate of drug-likeness (QED) is 0.883. The van der Waals surface area contributed by atoms with E-state index in [-0.39, 0.29) is 11.9 Å². The number of likely N-dealkylation sites (N-methyl/N-ethyl adjacent to an activating group) is 1. The van der Waals surface area contributed by atoms with E-state index >= 15 is 0 Å². The molecule has 2 heterocycles. The maximum absolute atomic E-state index is 11.6. The maximum Gasteiger partial charge on any atom is 0.242 e. The van der Waals surface area contributed by atoms with Gasteiger partial charge in [0.25, 0.3) is 0 Å². The summed E-state index contributed by atoms with van der Waals surface area (Å²) in [4.78, 5) is 13.6. The molecule has 15 heavy (non-hydrogen) atoms. The van der Waals surface area contributed by atoms with Crippen molar-refractivity contribution in [2.75, 3.05) is 18.5 Å². The highest BCUT2D eigenvalue weighted by Crippen LogP contribution is 2.30. The predicted octanol–water partition coefficient (Wildman–Crippen LogP) is 1.02. The van der Waals surface area contributed by atoms with E-state index in [0.717, 1.165) is 28.4 Å². The van der Waals surface area contributed by atoms with Crippen LogP contribution in [-0.2, 0) is 4.79 Å². The normalized spacial score (nSPS) is 20.7. The van der Waals surface area contributed by atoms with Crippen LogP contribution in [-0.4, -0.2) is 35.7 Å². The third kappa shape index (κ3) is 2.12. The number of carbonyl (C=O) groups excluding carboxylic acids is 1. The van der Waals surface area contributed by atoms with Gasteiger partial charge in [-0.05, 0) is 28.8 Å². The molecular weight excluding hydrogens is 280 g/mol. The van der Waals surface area contributed by atoms with Crippen LogP contribution in [0.1, 0.15) is 12.8 Å². The lowest BCUT2D eigenvalue weighted by molar-refractivity contribution is -0.121. The van der Waals surface area contributed by atoms with Crippen LogP contribution in [0, 0.1) is 0 Å². The number of carbonyl (C=O) groups is 1. The molecule has 1 N–H and O–H groups in total. The molecule has 1 aromatic rings. The van der Waals surface area contributed by atoms with Gasteiger partial charge in [0.05, 0.1) is 0 Å². The van der Waals surface area contributed by atoms with Crippen molar-refractivity contribution in [1.82, 2.24) is 15.5 Å². The first-order chi connectivity index (χ1) is 7.22. The SMILES string of the molecule is CNC(=O)[C@@H]1CCCN1c1nnc(Br)s1. The van der Waals surface area contributed by atoms with Crippen molar-refractivity contribution < 1.29 is 4.79 Å². The molecule has 1 aliphatic heterocycles. The number of hydrogen-bond donors (Lipinski definition) is 1. The molecule has 0 spiro atoms. The highest BCUT2D eigenvalue weighted by atomic mass is 79.9. The number of nitrogens with zero attached hydrogens (tertiary/aromatic N) is 3. The van der Waals surface area contributed by atoms with Crippen molar-refractivity contribution >= 4 is 38.3 Å². The molecule has 2 rings (SSSR count). The number of aromatic nitrogens is 2. The van der Waals surface area contributed by atoms with Crippen molar-refractivity contribution in [2.45, 2.75) is 18.9 Å². The first-order valence-electron chi connectivity index (χ1n) is 4.69. The molecule has 0 unspecified atom stereocenters. The van der Waals surface area contributed by atoms with Gasteiger partial charge in [-0.15, -0.1) is 10.2 Å². The average Bonchev–Trinajstić information content (AvgIpc) is 2.84. The lowest BCUT2D eigenvalue weighted by atomic mass is 10.2. The second-order valence-electron chi connectivity index (χ2n) is 3.30. The van der Waals surface area contributed by atoms with Gasteiger partial charge in [0.15, 0.2) is 3.92 Å². The second kappa shape index (κ2) is 4.44. The van der Waals surface area contributed by atoms with Gasteiger partial charge >= 0.3 is 0 Å². The second-order valence-corrected chi connectivity index (χ2v) is 5.54. The fourth-order valence-corrected chi connectivity index (χ4v) is 2.91. The number of amides is 1. The smallest absolute Gasteiger partial charge is 0.242 e. The minimum Gasteiger partial charge on any atom is -0.357 e. The largest absolute Gasteiger partial charge is 0.357 e. The Labute approximate surface area is 100 Å². The molecule has 1 fully saturated rings. The molecule has 0 radical (unpaired) electrons. The monoisotopic (exact) mass is 290 g/mol. The van der Waals surface area contributed by atoms with Gasteiger partial charge in [-0.2, -0.15) is 0 Å². The molecule has 7 heteroatoms. The summed E-state index contributed by atoms with van der Waals surface area (Å²) < 4.78 is 0.750. The van der Waals surface area contributed by atoms with Gasteiger partial charge in [-0.3, -0.25) is 4.79 Å². The summed E-state index contributed by atoms with van der Waals surface area (Å²) in [5.74, 6) is 0.0545. The molecule has 0 saturated carbocycles. The van der Waals surface area contributed by atoms with Crippen molar-refractivity contribution in [3.05, 3.63) is 3.92 Å². The van der Waals surface area contributed by atoms with Gasteiger partial charge in [0.2, 0.25) is 11.0 Å². The Morgan fingerprint density at radius 2 is 2.47 bits per heavy atom. The Balaban J connectivity index is 2.18. The van der Waals surface area contributed by atoms with Crippen LogP contribution in [0.2, 0.25) is 0 Å². The maximum atomic E-state index is 11.6. The van der Waals surface area contributed by atoms with Crippen LogP contribution in [0.25, 0.3) is 0 Å². The Hall–Kier alpha value is -0.690. The Morgan fingerprint density at radius 3 is 3.07 bits per heavy atom. The zero-order valence-electron chi connectivity index (χ0n) is 8.23. The molecule has 0 aliphatic carbocycles. The molecule has 82 valence electrons. The van der Waals surface area contributed by atoms with Crippen LogP contribution in [0.3, 0.4) is 0 Å². The third-order valence-corrected chi connectivity index (χ3v) is 3.83. The predicted molar refractivity (Wildman–Crippen MR) is 62.0 cm³/mol. The average molecular weight is 291 g/mol. The van der Waals surface area contributed by atoms with Gasteiger partial charge in [-0.1, -0.05) is 11.3 Å². The van der Waals surface area contributed by atoms with Crippen molar-refractivity contribution in [3.63, 3.8) is 0 Å². The summed E-state index contributed by atoms with van der Waals surface area (Å²) >= 11 is 4.73. The van der Waals surface area contributed by atoms with Gasteiger partial charge in [0, 0.05) is 13.6 Å². The number of halogens is 1. The topological polar surface area (TPSA) is 58.1 Å². The summed E-state index contributed by atoms with van der Waals surface area (Å²) in [5, 5.41) is 11.4. The van der Waals surface area contributed by atoms with E-state index in [1.807, 2.05) is 4.90 Å². The van der Waals surface area contributed by atoms with E-state index in [9.17, 15) is 4.79 Å². The summed E-state index contributed by atoms with van der Waals surface area (Å²) in [5.41, 5.74) is 0. The number of anilines is 1. The Bertz CT molecular complexity index is 369. The zero-order chi connectivity index (χ0) is 10.8. The van der Waals surface area contributed by atoms with E-state index in [4.69, 9.17) is 0 Å². The Kier molecular flexibility index (Phi) is 3.20. The van der Waals surface area contributed by atoms with Crippen molar-refractivity contribution in [3.8, 4) is 0 Å².